The molecule has 1 fully saturated rings. The minimum atomic E-state index is 0.193. The van der Waals surface area contributed by atoms with Crippen LogP contribution >= 0.6 is 0 Å². The highest BCUT2D eigenvalue weighted by Crippen LogP contribution is 2.15. The van der Waals surface area contributed by atoms with Crippen molar-refractivity contribution in [2.75, 3.05) is 45.9 Å². The first-order valence-corrected chi connectivity index (χ1v) is 7.50. The van der Waals surface area contributed by atoms with Crippen LogP contribution < -0.4 is 0 Å². The van der Waals surface area contributed by atoms with Gasteiger partial charge in [-0.15, -0.1) is 0 Å². The smallest absolute Gasteiger partial charge is 0.158 e. The molecule has 0 atom stereocenters. The van der Waals surface area contributed by atoms with Crippen molar-refractivity contribution in [2.45, 2.75) is 46.1 Å². The summed E-state index contributed by atoms with van der Waals surface area (Å²) in [6.07, 6.45) is 1.60. The Hall–Kier alpha value is -0.450. The van der Waals surface area contributed by atoms with Crippen molar-refractivity contribution >= 4 is 5.78 Å². The van der Waals surface area contributed by atoms with Crippen LogP contribution in [-0.4, -0.2) is 67.1 Å². The fraction of sp³-hybridized carbons (Fsp3) is 0.933. The molecule has 0 amide bonds. The number of nitrogens with zero attached hydrogens (tertiary/aromatic N) is 2. The lowest BCUT2D eigenvalue weighted by molar-refractivity contribution is -0.123. The van der Waals surface area contributed by atoms with Gasteiger partial charge in [-0.1, -0.05) is 6.92 Å². The molecule has 0 aromatic carbocycles. The monoisotopic (exact) mass is 270 g/mol. The molecular formula is C15H30N2O2. The van der Waals surface area contributed by atoms with Gasteiger partial charge in [-0.2, -0.15) is 0 Å². The van der Waals surface area contributed by atoms with Crippen LogP contribution in [0.1, 0.15) is 40.5 Å². The molecule has 1 aliphatic heterocycles. The van der Waals surface area contributed by atoms with Gasteiger partial charge in [0.1, 0.15) is 6.61 Å². The third kappa shape index (κ3) is 6.50. The van der Waals surface area contributed by atoms with E-state index < -0.39 is 0 Å². The van der Waals surface area contributed by atoms with Gasteiger partial charge in [-0.25, -0.2) is 0 Å². The van der Waals surface area contributed by atoms with E-state index in [-0.39, 0.29) is 17.9 Å². The largest absolute Gasteiger partial charge is 0.374 e. The van der Waals surface area contributed by atoms with Gasteiger partial charge in [-0.3, -0.25) is 9.69 Å². The zero-order valence-corrected chi connectivity index (χ0v) is 13.1. The minimum absolute atomic E-state index is 0.193. The molecule has 0 bridgehead atoms. The molecule has 4 nitrogen and oxygen atoms in total. The molecule has 0 aromatic rings. The highest BCUT2D eigenvalue weighted by molar-refractivity contribution is 5.79. The number of carbonyl (C=O) groups is 1. The zero-order valence-electron chi connectivity index (χ0n) is 13.1. The van der Waals surface area contributed by atoms with Crippen LogP contribution in [0, 0.1) is 0 Å². The molecule has 19 heavy (non-hydrogen) atoms. The number of piperazine rings is 1. The molecular weight excluding hydrogens is 240 g/mol. The van der Waals surface area contributed by atoms with Crippen molar-refractivity contribution in [3.8, 4) is 0 Å². The summed E-state index contributed by atoms with van der Waals surface area (Å²) in [5.41, 5.74) is 0.287. The van der Waals surface area contributed by atoms with Crippen molar-refractivity contribution in [3.63, 3.8) is 0 Å². The highest BCUT2D eigenvalue weighted by Gasteiger charge is 2.25. The first-order chi connectivity index (χ1) is 8.93. The summed E-state index contributed by atoms with van der Waals surface area (Å²) in [5, 5.41) is 0. The first-order valence-electron chi connectivity index (χ1n) is 7.50. The summed E-state index contributed by atoms with van der Waals surface area (Å²) in [6.45, 7) is 15.4. The van der Waals surface area contributed by atoms with Gasteiger partial charge in [0.25, 0.3) is 0 Å². The van der Waals surface area contributed by atoms with Crippen molar-refractivity contribution in [1.29, 1.82) is 0 Å². The fourth-order valence-electron chi connectivity index (χ4n) is 2.32. The average molecular weight is 270 g/mol. The quantitative estimate of drug-likeness (QED) is 0.660. The summed E-state index contributed by atoms with van der Waals surface area (Å²) in [4.78, 5) is 16.1. The second-order valence-corrected chi connectivity index (χ2v) is 6.30. The summed E-state index contributed by atoms with van der Waals surface area (Å²) < 4.78 is 5.37. The highest BCUT2D eigenvalue weighted by atomic mass is 16.5. The molecule has 1 saturated heterocycles. The van der Waals surface area contributed by atoms with Crippen LogP contribution in [0.5, 0.6) is 0 Å². The number of rotatable bonds is 7. The van der Waals surface area contributed by atoms with Crippen LogP contribution in [-0.2, 0) is 9.53 Å². The lowest BCUT2D eigenvalue weighted by Gasteiger charge is -2.42. The van der Waals surface area contributed by atoms with E-state index in [0.29, 0.717) is 13.0 Å². The van der Waals surface area contributed by atoms with Crippen molar-refractivity contribution < 1.29 is 9.53 Å². The molecule has 0 aromatic heterocycles. The molecule has 1 heterocycles. The van der Waals surface area contributed by atoms with Gasteiger partial charge in [0.05, 0.1) is 0 Å². The number of Topliss-reactive ketones (excluding diaryl/α,β-unsaturated/α-hetero) is 1. The predicted octanol–water partition coefficient (Wildman–Crippen LogP) is 1.79. The third-order valence-electron chi connectivity index (χ3n) is 3.74. The second-order valence-electron chi connectivity index (χ2n) is 6.30. The second kappa shape index (κ2) is 7.98. The van der Waals surface area contributed by atoms with E-state index in [2.05, 4.69) is 30.6 Å². The zero-order chi connectivity index (χ0) is 14.3. The Morgan fingerprint density at radius 2 is 1.79 bits per heavy atom. The van der Waals surface area contributed by atoms with E-state index in [4.69, 9.17) is 4.74 Å². The topological polar surface area (TPSA) is 32.8 Å². The van der Waals surface area contributed by atoms with Gasteiger partial charge >= 0.3 is 0 Å². The number of ether oxygens (including phenoxy) is 1. The van der Waals surface area contributed by atoms with E-state index in [1.807, 2.05) is 6.92 Å². The Morgan fingerprint density at radius 1 is 1.16 bits per heavy atom. The van der Waals surface area contributed by atoms with Gasteiger partial charge in [0, 0.05) is 51.3 Å². The van der Waals surface area contributed by atoms with Crippen LogP contribution in [0.3, 0.4) is 0 Å². The van der Waals surface area contributed by atoms with E-state index >= 15 is 0 Å². The Bertz CT molecular complexity index is 266. The lowest BCUT2D eigenvalue weighted by Crippen LogP contribution is -2.53. The van der Waals surface area contributed by atoms with Crippen LogP contribution in [0.4, 0.5) is 0 Å². The van der Waals surface area contributed by atoms with Crippen LogP contribution in [0.2, 0.25) is 0 Å². The van der Waals surface area contributed by atoms with Gasteiger partial charge in [0.15, 0.2) is 5.78 Å². The third-order valence-corrected chi connectivity index (χ3v) is 3.74. The molecule has 0 aliphatic carbocycles. The minimum Gasteiger partial charge on any atom is -0.374 e. The normalized spacial score (nSPS) is 18.7. The first kappa shape index (κ1) is 16.6. The van der Waals surface area contributed by atoms with Gasteiger partial charge < -0.3 is 9.64 Å². The maximum Gasteiger partial charge on any atom is 0.158 e. The molecule has 4 heteroatoms. The van der Waals surface area contributed by atoms with E-state index in [9.17, 15) is 4.79 Å². The number of hydrogen-bond acceptors (Lipinski definition) is 4. The fourth-order valence-corrected chi connectivity index (χ4v) is 2.32. The van der Waals surface area contributed by atoms with Crippen molar-refractivity contribution in [3.05, 3.63) is 0 Å². The molecule has 0 saturated carbocycles. The lowest BCUT2D eigenvalue weighted by atomic mass is 10.0. The van der Waals surface area contributed by atoms with Crippen molar-refractivity contribution in [2.24, 2.45) is 0 Å². The number of hydrogen-bond donors (Lipinski definition) is 0. The van der Waals surface area contributed by atoms with Gasteiger partial charge in [0.2, 0.25) is 0 Å². The van der Waals surface area contributed by atoms with Crippen LogP contribution in [0.15, 0.2) is 0 Å². The number of ketones is 1. The van der Waals surface area contributed by atoms with E-state index in [1.54, 1.807) is 0 Å². The molecule has 0 N–H and O–H groups in total. The SMILES string of the molecule is CCC(=O)COCCCN1CCN(C(C)(C)C)CC1. The van der Waals surface area contributed by atoms with E-state index in [1.165, 1.54) is 0 Å². The number of carbonyl (C=O) groups excluding carboxylic acids is 1. The molecule has 1 rings (SSSR count). The van der Waals surface area contributed by atoms with Crippen molar-refractivity contribution in [1.82, 2.24) is 9.80 Å². The summed E-state index contributed by atoms with van der Waals surface area (Å²) >= 11 is 0. The molecule has 1 aliphatic rings. The summed E-state index contributed by atoms with van der Waals surface area (Å²) in [7, 11) is 0. The Balaban J connectivity index is 2.05. The molecule has 0 radical (unpaired) electrons. The van der Waals surface area contributed by atoms with E-state index in [0.717, 1.165) is 39.1 Å². The summed E-state index contributed by atoms with van der Waals surface area (Å²) in [6, 6.07) is 0. The Kier molecular flexibility index (Phi) is 6.97. The maximum absolute atomic E-state index is 11.1. The van der Waals surface area contributed by atoms with Gasteiger partial charge in [-0.05, 0) is 27.2 Å². The van der Waals surface area contributed by atoms with Crippen LogP contribution in [0.25, 0.3) is 0 Å². The molecule has 0 spiro atoms. The Labute approximate surface area is 118 Å². The Morgan fingerprint density at radius 3 is 2.32 bits per heavy atom. The molecule has 112 valence electrons. The predicted molar refractivity (Wildman–Crippen MR) is 78.5 cm³/mol. The standard InChI is InChI=1S/C15H30N2O2/c1-5-14(18)13-19-12-6-7-16-8-10-17(11-9-16)15(2,3)4/h5-13H2,1-4H3. The summed E-state index contributed by atoms with van der Waals surface area (Å²) in [5.74, 6) is 0.193. The maximum atomic E-state index is 11.1. The molecule has 0 unspecified atom stereocenters. The average Bonchev–Trinajstić information content (AvgIpc) is 2.37.